The van der Waals surface area contributed by atoms with Crippen LogP contribution in [0.3, 0.4) is 0 Å². The van der Waals surface area contributed by atoms with Crippen LogP contribution in [-0.4, -0.2) is 30.0 Å². The fourth-order valence-corrected chi connectivity index (χ4v) is 4.28. The van der Waals surface area contributed by atoms with Crippen molar-refractivity contribution in [3.63, 3.8) is 0 Å². The van der Waals surface area contributed by atoms with Gasteiger partial charge in [0.05, 0.1) is 21.8 Å². The summed E-state index contributed by atoms with van der Waals surface area (Å²) >= 11 is 1.08. The number of imidazole rings is 1. The van der Waals surface area contributed by atoms with Gasteiger partial charge in [0, 0.05) is 31.2 Å². The van der Waals surface area contributed by atoms with Gasteiger partial charge in [-0.15, -0.1) is 0 Å². The van der Waals surface area contributed by atoms with E-state index in [4.69, 9.17) is 4.74 Å². The number of anilines is 1. The van der Waals surface area contributed by atoms with E-state index >= 15 is 0 Å². The predicted octanol–water partition coefficient (Wildman–Crippen LogP) is 3.29. The Kier molecular flexibility index (Phi) is 5.56. The van der Waals surface area contributed by atoms with E-state index in [1.807, 2.05) is 0 Å². The van der Waals surface area contributed by atoms with Crippen molar-refractivity contribution in [3.05, 3.63) is 65.0 Å². The molecule has 0 saturated heterocycles. The minimum atomic E-state index is -4.00. The van der Waals surface area contributed by atoms with Crippen LogP contribution in [0, 0.1) is 10.1 Å². The smallest absolute Gasteiger partial charge is 0.284 e. The lowest BCUT2D eigenvalue weighted by atomic mass is 10.3. The van der Waals surface area contributed by atoms with Crippen LogP contribution in [0.2, 0.25) is 0 Å². The lowest BCUT2D eigenvalue weighted by molar-refractivity contribution is -0.388. The van der Waals surface area contributed by atoms with Gasteiger partial charge in [-0.2, -0.15) is 0 Å². The lowest BCUT2D eigenvalue weighted by Gasteiger charge is -2.10. The molecule has 0 bridgehead atoms. The Balaban J connectivity index is 1.91. The van der Waals surface area contributed by atoms with E-state index < -0.39 is 14.9 Å². The Morgan fingerprint density at radius 3 is 2.50 bits per heavy atom. The molecule has 0 aliphatic rings. The molecule has 1 aromatic heterocycles. The third kappa shape index (κ3) is 4.26. The number of aromatic nitrogens is 2. The third-order valence-corrected chi connectivity index (χ3v) is 6.28. The van der Waals surface area contributed by atoms with Crippen molar-refractivity contribution in [2.45, 2.75) is 14.9 Å². The first kappa shape index (κ1) is 19.7. The summed E-state index contributed by atoms with van der Waals surface area (Å²) < 4.78 is 34.4. The van der Waals surface area contributed by atoms with E-state index in [2.05, 4.69) is 9.71 Å². The van der Waals surface area contributed by atoms with Crippen LogP contribution < -0.4 is 9.46 Å². The van der Waals surface area contributed by atoms with Crippen LogP contribution in [-0.2, 0) is 17.1 Å². The van der Waals surface area contributed by atoms with Gasteiger partial charge in [0.25, 0.3) is 15.7 Å². The third-order valence-electron chi connectivity index (χ3n) is 3.76. The maximum Gasteiger partial charge on any atom is 0.284 e. The number of nitro groups is 1. The monoisotopic (exact) mass is 420 g/mol. The van der Waals surface area contributed by atoms with E-state index in [1.165, 1.54) is 31.4 Å². The Hall–Kier alpha value is -3.05. The highest BCUT2D eigenvalue weighted by Gasteiger charge is 2.23. The summed E-state index contributed by atoms with van der Waals surface area (Å²) in [6.45, 7) is 0. The highest BCUT2D eigenvalue weighted by atomic mass is 32.2. The van der Waals surface area contributed by atoms with Gasteiger partial charge in [-0.05, 0) is 48.2 Å². The second kappa shape index (κ2) is 7.90. The molecule has 0 radical (unpaired) electrons. The molecule has 3 aromatic rings. The van der Waals surface area contributed by atoms with Crippen LogP contribution in [0.1, 0.15) is 0 Å². The molecule has 9 nitrogen and oxygen atoms in total. The van der Waals surface area contributed by atoms with Crippen molar-refractivity contribution in [1.82, 2.24) is 9.55 Å². The molecule has 1 N–H and O–H groups in total. The number of sulfonamides is 1. The topological polar surface area (TPSA) is 116 Å². The molecule has 146 valence electrons. The second-order valence-electron chi connectivity index (χ2n) is 5.64. The number of nitro benzene ring substituents is 1. The molecule has 0 fully saturated rings. The molecule has 2 aromatic carbocycles. The molecular weight excluding hydrogens is 404 g/mol. The summed E-state index contributed by atoms with van der Waals surface area (Å²) in [5, 5.41) is 12.0. The Morgan fingerprint density at radius 2 is 1.93 bits per heavy atom. The van der Waals surface area contributed by atoms with Crippen molar-refractivity contribution in [1.29, 1.82) is 0 Å². The van der Waals surface area contributed by atoms with Gasteiger partial charge in [-0.1, -0.05) is 0 Å². The van der Waals surface area contributed by atoms with Crippen LogP contribution in [0.4, 0.5) is 11.4 Å². The van der Waals surface area contributed by atoms with E-state index in [-0.39, 0.29) is 10.6 Å². The lowest BCUT2D eigenvalue weighted by Crippen LogP contribution is -2.13. The molecular formula is C17H16N4O5S2. The number of hydrogen-bond acceptors (Lipinski definition) is 7. The molecule has 0 amide bonds. The van der Waals surface area contributed by atoms with Crippen LogP contribution in [0.5, 0.6) is 5.75 Å². The standard InChI is InChI=1S/C17H16N4O5S2/c1-20-10-9-18-17(20)27-16-8-7-14(11-15(16)21(22)23)28(24,25)19-12-3-5-13(26-2)6-4-12/h3-11,19H,1-2H3. The van der Waals surface area contributed by atoms with E-state index in [9.17, 15) is 18.5 Å². The summed E-state index contributed by atoms with van der Waals surface area (Å²) in [6, 6.07) is 10.0. The molecule has 28 heavy (non-hydrogen) atoms. The van der Waals surface area contributed by atoms with Crippen molar-refractivity contribution in [2.24, 2.45) is 7.05 Å². The average molecular weight is 420 g/mol. The first-order valence-corrected chi connectivity index (χ1v) is 10.2. The van der Waals surface area contributed by atoms with Gasteiger partial charge in [-0.3, -0.25) is 14.8 Å². The number of nitrogens with zero attached hydrogens (tertiary/aromatic N) is 3. The largest absolute Gasteiger partial charge is 0.497 e. The Morgan fingerprint density at radius 1 is 1.21 bits per heavy atom. The van der Waals surface area contributed by atoms with Gasteiger partial charge >= 0.3 is 0 Å². The fraction of sp³-hybridized carbons (Fsp3) is 0.118. The predicted molar refractivity (Wildman–Crippen MR) is 104 cm³/mol. The number of methoxy groups -OCH3 is 1. The maximum atomic E-state index is 12.6. The van der Waals surface area contributed by atoms with Gasteiger partial charge in [-0.25, -0.2) is 13.4 Å². The molecule has 0 atom stereocenters. The zero-order valence-corrected chi connectivity index (χ0v) is 16.5. The summed E-state index contributed by atoms with van der Waals surface area (Å²) in [6.07, 6.45) is 3.29. The van der Waals surface area contributed by atoms with E-state index in [0.717, 1.165) is 17.8 Å². The molecule has 1 heterocycles. The fourth-order valence-electron chi connectivity index (χ4n) is 2.32. The van der Waals surface area contributed by atoms with Gasteiger partial charge in [0.1, 0.15) is 5.75 Å². The molecule has 0 spiro atoms. The van der Waals surface area contributed by atoms with Crippen molar-refractivity contribution in [2.75, 3.05) is 11.8 Å². The SMILES string of the molecule is COc1ccc(NS(=O)(=O)c2ccc(Sc3nccn3C)c([N+](=O)[O-])c2)cc1. The zero-order valence-electron chi connectivity index (χ0n) is 14.9. The number of benzene rings is 2. The summed E-state index contributed by atoms with van der Waals surface area (Å²) in [5.41, 5.74) is 0.000482. The minimum absolute atomic E-state index is 0.209. The maximum absolute atomic E-state index is 12.6. The van der Waals surface area contributed by atoms with E-state index in [0.29, 0.717) is 21.5 Å². The van der Waals surface area contributed by atoms with Crippen LogP contribution in [0.15, 0.2) is 69.8 Å². The average Bonchev–Trinajstić information content (AvgIpc) is 3.06. The quantitative estimate of drug-likeness (QED) is 0.460. The summed E-state index contributed by atoms with van der Waals surface area (Å²) in [4.78, 5) is 15.1. The molecule has 0 saturated carbocycles. The highest BCUT2D eigenvalue weighted by Crippen LogP contribution is 2.35. The number of rotatable bonds is 7. The Bertz CT molecular complexity index is 1110. The number of aryl methyl sites for hydroxylation is 1. The van der Waals surface area contributed by atoms with Crippen molar-refractivity contribution in [3.8, 4) is 5.75 Å². The van der Waals surface area contributed by atoms with Gasteiger partial charge < -0.3 is 9.30 Å². The highest BCUT2D eigenvalue weighted by molar-refractivity contribution is 7.99. The summed E-state index contributed by atoms with van der Waals surface area (Å²) in [5.74, 6) is 0.578. The van der Waals surface area contributed by atoms with E-state index in [1.54, 1.807) is 36.1 Å². The molecule has 0 aliphatic heterocycles. The van der Waals surface area contributed by atoms with Crippen molar-refractivity contribution < 1.29 is 18.1 Å². The zero-order chi connectivity index (χ0) is 20.3. The number of hydrogen-bond donors (Lipinski definition) is 1. The van der Waals surface area contributed by atoms with Gasteiger partial charge in [0.15, 0.2) is 5.16 Å². The second-order valence-corrected chi connectivity index (χ2v) is 8.33. The molecule has 3 rings (SSSR count). The van der Waals surface area contributed by atoms with Gasteiger partial charge in [0.2, 0.25) is 0 Å². The number of nitrogens with one attached hydrogen (secondary N) is 1. The van der Waals surface area contributed by atoms with Crippen molar-refractivity contribution >= 4 is 33.2 Å². The molecule has 11 heteroatoms. The van der Waals surface area contributed by atoms with Crippen LogP contribution in [0.25, 0.3) is 0 Å². The first-order chi connectivity index (χ1) is 13.3. The number of ether oxygens (including phenoxy) is 1. The molecule has 0 unspecified atom stereocenters. The minimum Gasteiger partial charge on any atom is -0.497 e. The summed E-state index contributed by atoms with van der Waals surface area (Å²) in [7, 11) is -0.736. The normalized spacial score (nSPS) is 11.2. The van der Waals surface area contributed by atoms with Crippen LogP contribution >= 0.6 is 11.8 Å². The Labute approximate surface area is 165 Å². The first-order valence-electron chi connectivity index (χ1n) is 7.90. The molecule has 0 aliphatic carbocycles.